The zero-order chi connectivity index (χ0) is 10.7. The first-order chi connectivity index (χ1) is 6.61. The summed E-state index contributed by atoms with van der Waals surface area (Å²) >= 11 is 0.842. The van der Waals surface area contributed by atoms with E-state index in [9.17, 15) is 9.59 Å². The van der Waals surface area contributed by atoms with Crippen LogP contribution >= 0.6 is 11.5 Å². The summed E-state index contributed by atoms with van der Waals surface area (Å²) < 4.78 is 8.22. The number of nitrogens with zero attached hydrogens (tertiary/aromatic N) is 1. The number of amides is 1. The van der Waals surface area contributed by atoms with E-state index in [0.717, 1.165) is 11.5 Å². The van der Waals surface area contributed by atoms with Gasteiger partial charge in [-0.25, -0.2) is 4.79 Å². The first-order valence-electron chi connectivity index (χ1n) is 3.67. The zero-order valence-electron chi connectivity index (χ0n) is 7.66. The van der Waals surface area contributed by atoms with Crippen LogP contribution in [-0.2, 0) is 4.74 Å². The average molecular weight is 215 g/mol. The molecule has 0 aliphatic carbocycles. The molecule has 0 saturated carbocycles. The number of carbonyl (C=O) groups excluding carboxylic acids is 2. The number of nitrogens with one attached hydrogen (secondary N) is 1. The van der Waals surface area contributed by atoms with Gasteiger partial charge in [-0.3, -0.25) is 4.79 Å². The number of anilines is 1. The topological polar surface area (TPSA) is 94.3 Å². The summed E-state index contributed by atoms with van der Waals surface area (Å²) in [5, 5.41) is 2.37. The molecule has 1 aromatic rings. The van der Waals surface area contributed by atoms with Crippen LogP contribution in [-0.4, -0.2) is 30.4 Å². The number of nitrogens with two attached hydrogens (primary N) is 1. The Labute approximate surface area is 84.2 Å². The summed E-state index contributed by atoms with van der Waals surface area (Å²) in [7, 11) is 2.69. The fourth-order valence-electron chi connectivity index (χ4n) is 0.819. The monoisotopic (exact) mass is 215 g/mol. The third-order valence-corrected chi connectivity index (χ3v) is 2.38. The van der Waals surface area contributed by atoms with Gasteiger partial charge in [0.2, 0.25) is 0 Å². The largest absolute Gasteiger partial charge is 0.465 e. The molecule has 0 bridgehead atoms. The van der Waals surface area contributed by atoms with Gasteiger partial charge >= 0.3 is 5.97 Å². The van der Waals surface area contributed by atoms with E-state index in [-0.39, 0.29) is 16.3 Å². The van der Waals surface area contributed by atoms with Crippen molar-refractivity contribution in [1.29, 1.82) is 0 Å². The van der Waals surface area contributed by atoms with Gasteiger partial charge < -0.3 is 15.8 Å². The first-order valence-corrected chi connectivity index (χ1v) is 4.44. The molecule has 14 heavy (non-hydrogen) atoms. The van der Waals surface area contributed by atoms with Crippen LogP contribution in [0.5, 0.6) is 0 Å². The van der Waals surface area contributed by atoms with Crippen LogP contribution in [0.15, 0.2) is 0 Å². The highest BCUT2D eigenvalue weighted by Gasteiger charge is 2.21. The molecule has 0 atom stereocenters. The van der Waals surface area contributed by atoms with Crippen LogP contribution in [0.2, 0.25) is 0 Å². The maximum atomic E-state index is 11.2. The molecule has 0 aromatic carbocycles. The highest BCUT2D eigenvalue weighted by Crippen LogP contribution is 2.22. The summed E-state index contributed by atoms with van der Waals surface area (Å²) in [6.45, 7) is 0. The second-order valence-electron chi connectivity index (χ2n) is 2.34. The lowest BCUT2D eigenvalue weighted by atomic mass is 10.3. The molecule has 6 nitrogen and oxygen atoms in total. The molecule has 0 spiro atoms. The van der Waals surface area contributed by atoms with Crippen LogP contribution in [0.4, 0.5) is 5.69 Å². The summed E-state index contributed by atoms with van der Waals surface area (Å²) in [6, 6.07) is 0. The minimum absolute atomic E-state index is 0.0536. The van der Waals surface area contributed by atoms with Crippen molar-refractivity contribution in [3.05, 3.63) is 10.6 Å². The number of nitrogen functional groups attached to an aromatic ring is 1. The number of hydrogen-bond acceptors (Lipinski definition) is 6. The van der Waals surface area contributed by atoms with Crippen LogP contribution in [0.3, 0.4) is 0 Å². The number of aromatic nitrogens is 1. The van der Waals surface area contributed by atoms with E-state index in [1.54, 1.807) is 0 Å². The number of rotatable bonds is 2. The van der Waals surface area contributed by atoms with Crippen molar-refractivity contribution in [3.63, 3.8) is 0 Å². The van der Waals surface area contributed by atoms with Gasteiger partial charge in [-0.15, -0.1) is 0 Å². The fraction of sp³-hybridized carbons (Fsp3) is 0.286. The number of methoxy groups -OCH3 is 1. The molecule has 0 saturated heterocycles. The van der Waals surface area contributed by atoms with Crippen LogP contribution < -0.4 is 11.1 Å². The quantitative estimate of drug-likeness (QED) is 0.670. The maximum absolute atomic E-state index is 11.2. The Kier molecular flexibility index (Phi) is 3.03. The predicted octanol–water partition coefficient (Wildman–Crippen LogP) is -0.128. The summed E-state index contributed by atoms with van der Waals surface area (Å²) in [6.07, 6.45) is 0. The predicted molar refractivity (Wildman–Crippen MR) is 51.3 cm³/mol. The molecule has 1 amide bonds. The molecule has 0 fully saturated rings. The molecule has 0 aliphatic heterocycles. The van der Waals surface area contributed by atoms with Crippen LogP contribution in [0.1, 0.15) is 20.2 Å². The standard InChI is InChI=1S/C7H9N3O3S/c1-9-6(11)4-3(8)5(14-10-4)7(12)13-2/h8H2,1-2H3,(H,9,11). The summed E-state index contributed by atoms with van der Waals surface area (Å²) in [4.78, 5) is 22.4. The van der Waals surface area contributed by atoms with Crippen molar-refractivity contribution in [2.75, 3.05) is 19.9 Å². The third-order valence-electron chi connectivity index (χ3n) is 1.54. The van der Waals surface area contributed by atoms with Crippen molar-refractivity contribution >= 4 is 29.1 Å². The van der Waals surface area contributed by atoms with E-state index in [4.69, 9.17) is 5.73 Å². The van der Waals surface area contributed by atoms with Gasteiger partial charge in [-0.1, -0.05) is 0 Å². The molecule has 0 aliphatic rings. The lowest BCUT2D eigenvalue weighted by Gasteiger charge is -1.97. The van der Waals surface area contributed by atoms with Gasteiger partial charge in [-0.05, 0) is 11.5 Å². The van der Waals surface area contributed by atoms with E-state index in [1.165, 1.54) is 14.2 Å². The van der Waals surface area contributed by atoms with E-state index >= 15 is 0 Å². The molecular formula is C7H9N3O3S. The second-order valence-corrected chi connectivity index (χ2v) is 3.12. The SMILES string of the molecule is CNC(=O)c1nsc(C(=O)OC)c1N. The zero-order valence-corrected chi connectivity index (χ0v) is 8.47. The maximum Gasteiger partial charge on any atom is 0.351 e. The van der Waals surface area contributed by atoms with Crippen molar-refractivity contribution in [2.24, 2.45) is 0 Å². The fourth-order valence-corrected chi connectivity index (χ4v) is 1.54. The van der Waals surface area contributed by atoms with Crippen LogP contribution in [0.25, 0.3) is 0 Å². The van der Waals surface area contributed by atoms with Crippen molar-refractivity contribution in [1.82, 2.24) is 9.69 Å². The van der Waals surface area contributed by atoms with E-state index in [1.807, 2.05) is 0 Å². The molecule has 1 aromatic heterocycles. The van der Waals surface area contributed by atoms with Crippen molar-refractivity contribution in [2.45, 2.75) is 0 Å². The van der Waals surface area contributed by atoms with Crippen molar-refractivity contribution < 1.29 is 14.3 Å². The van der Waals surface area contributed by atoms with Gasteiger partial charge in [0, 0.05) is 7.05 Å². The van der Waals surface area contributed by atoms with Crippen LogP contribution in [0, 0.1) is 0 Å². The lowest BCUT2D eigenvalue weighted by molar-refractivity contribution is 0.0607. The van der Waals surface area contributed by atoms with Gasteiger partial charge in [0.1, 0.15) is 0 Å². The van der Waals surface area contributed by atoms with Gasteiger partial charge in [0.05, 0.1) is 12.8 Å². The van der Waals surface area contributed by atoms with E-state index in [2.05, 4.69) is 14.4 Å². The number of esters is 1. The van der Waals surface area contributed by atoms with Gasteiger partial charge in [0.25, 0.3) is 5.91 Å². The molecule has 0 unspecified atom stereocenters. The van der Waals surface area contributed by atoms with Crippen molar-refractivity contribution in [3.8, 4) is 0 Å². The number of ether oxygens (including phenoxy) is 1. The van der Waals surface area contributed by atoms with Gasteiger partial charge in [-0.2, -0.15) is 4.37 Å². The normalized spacial score (nSPS) is 9.57. The number of carbonyl (C=O) groups is 2. The highest BCUT2D eigenvalue weighted by molar-refractivity contribution is 7.08. The Morgan fingerprint density at radius 3 is 2.71 bits per heavy atom. The van der Waals surface area contributed by atoms with E-state index < -0.39 is 11.9 Å². The Bertz CT molecular complexity index is 341. The van der Waals surface area contributed by atoms with E-state index in [0.29, 0.717) is 0 Å². The summed E-state index contributed by atoms with van der Waals surface area (Å²) in [5.74, 6) is -1.01. The lowest BCUT2D eigenvalue weighted by Crippen LogP contribution is -2.19. The first kappa shape index (κ1) is 10.5. The minimum Gasteiger partial charge on any atom is -0.465 e. The average Bonchev–Trinajstić information content (AvgIpc) is 2.58. The molecule has 0 radical (unpaired) electrons. The molecule has 76 valence electrons. The highest BCUT2D eigenvalue weighted by atomic mass is 32.1. The molecule has 1 rings (SSSR count). The second kappa shape index (κ2) is 4.05. The smallest absolute Gasteiger partial charge is 0.351 e. The molecule has 1 heterocycles. The number of hydrogen-bond donors (Lipinski definition) is 2. The Hall–Kier alpha value is -1.63. The molecule has 3 N–H and O–H groups in total. The van der Waals surface area contributed by atoms with Gasteiger partial charge in [0.15, 0.2) is 10.6 Å². The Balaban J connectivity index is 3.08. The Morgan fingerprint density at radius 1 is 1.57 bits per heavy atom. The third kappa shape index (κ3) is 1.67. The molecule has 7 heteroatoms. The minimum atomic E-state index is -0.588. The molecular weight excluding hydrogens is 206 g/mol. The summed E-state index contributed by atoms with van der Waals surface area (Å²) in [5.41, 5.74) is 5.65. The Morgan fingerprint density at radius 2 is 2.21 bits per heavy atom.